The predicted octanol–water partition coefficient (Wildman–Crippen LogP) is 5.93. The Morgan fingerprint density at radius 1 is 1.06 bits per heavy atom. The minimum atomic E-state index is -0.217. The summed E-state index contributed by atoms with van der Waals surface area (Å²) in [7, 11) is 0. The minimum Gasteiger partial charge on any atom is -0.346 e. The van der Waals surface area contributed by atoms with Gasteiger partial charge in [-0.05, 0) is 56.9 Å². The Morgan fingerprint density at radius 2 is 1.78 bits per heavy atom. The zero-order chi connectivity index (χ0) is 22.5. The molecule has 1 aromatic heterocycles. The third kappa shape index (κ3) is 5.23. The van der Waals surface area contributed by atoms with Crippen LogP contribution in [-0.2, 0) is 10.5 Å². The van der Waals surface area contributed by atoms with Crippen molar-refractivity contribution in [3.63, 3.8) is 0 Å². The lowest BCUT2D eigenvalue weighted by atomic mass is 9.88. The molecule has 168 valence electrons. The maximum atomic E-state index is 12.9. The first-order valence-electron chi connectivity index (χ1n) is 11.5. The minimum absolute atomic E-state index is 0.122. The number of aromatic nitrogens is 3. The van der Waals surface area contributed by atoms with E-state index in [1.165, 1.54) is 23.1 Å². The Labute approximate surface area is 195 Å². The van der Waals surface area contributed by atoms with Crippen LogP contribution in [0.4, 0.5) is 0 Å². The quantitative estimate of drug-likeness (QED) is 0.455. The van der Waals surface area contributed by atoms with Crippen molar-refractivity contribution in [2.24, 2.45) is 5.92 Å². The highest BCUT2D eigenvalue weighted by Gasteiger charge is 2.26. The van der Waals surface area contributed by atoms with Gasteiger partial charge in [-0.3, -0.25) is 9.36 Å². The largest absolute Gasteiger partial charge is 0.346 e. The average molecular weight is 449 g/mol. The molecule has 0 bridgehead atoms. The second-order valence-electron chi connectivity index (χ2n) is 8.79. The van der Waals surface area contributed by atoms with Gasteiger partial charge in [-0.15, -0.1) is 10.2 Å². The van der Waals surface area contributed by atoms with E-state index >= 15 is 0 Å². The lowest BCUT2D eigenvalue weighted by Gasteiger charge is -2.23. The van der Waals surface area contributed by atoms with Gasteiger partial charge in [0, 0.05) is 17.4 Å². The molecule has 1 unspecified atom stereocenters. The average Bonchev–Trinajstić information content (AvgIpc) is 3.23. The molecule has 32 heavy (non-hydrogen) atoms. The van der Waals surface area contributed by atoms with Crippen molar-refractivity contribution in [1.29, 1.82) is 0 Å². The topological polar surface area (TPSA) is 59.8 Å². The van der Waals surface area contributed by atoms with Crippen LogP contribution >= 0.6 is 11.8 Å². The van der Waals surface area contributed by atoms with E-state index in [-0.39, 0.29) is 17.9 Å². The van der Waals surface area contributed by atoms with Crippen LogP contribution in [0.3, 0.4) is 0 Å². The van der Waals surface area contributed by atoms with Crippen LogP contribution in [0.5, 0.6) is 0 Å². The first kappa shape index (κ1) is 22.6. The maximum Gasteiger partial charge on any atom is 0.223 e. The Kier molecular flexibility index (Phi) is 7.30. The number of hydrogen-bond acceptors (Lipinski definition) is 4. The van der Waals surface area contributed by atoms with Gasteiger partial charge in [-0.2, -0.15) is 0 Å². The molecule has 0 aliphatic heterocycles. The molecule has 0 spiro atoms. The third-order valence-electron chi connectivity index (χ3n) is 6.29. The second-order valence-corrected chi connectivity index (χ2v) is 9.73. The summed E-state index contributed by atoms with van der Waals surface area (Å²) in [4.78, 5) is 12.9. The molecule has 1 heterocycles. The second kappa shape index (κ2) is 10.3. The van der Waals surface area contributed by atoms with E-state index in [0.717, 1.165) is 48.1 Å². The van der Waals surface area contributed by atoms with Crippen molar-refractivity contribution in [2.45, 2.75) is 69.8 Å². The molecule has 1 amide bonds. The Bertz CT molecular complexity index is 1050. The van der Waals surface area contributed by atoms with Crippen molar-refractivity contribution in [3.05, 3.63) is 71.0 Å². The molecule has 1 aliphatic rings. The van der Waals surface area contributed by atoms with Crippen molar-refractivity contribution < 1.29 is 4.79 Å². The summed E-state index contributed by atoms with van der Waals surface area (Å²) in [6, 6.07) is 16.6. The number of amides is 1. The van der Waals surface area contributed by atoms with Crippen molar-refractivity contribution in [2.75, 3.05) is 0 Å². The van der Waals surface area contributed by atoms with Crippen LogP contribution in [0.25, 0.3) is 5.69 Å². The van der Waals surface area contributed by atoms with Gasteiger partial charge in [0.2, 0.25) is 5.91 Å². The SMILES string of the molecule is Cc1ccc(-n2c(SCc3ccccc3C)nnc2C(C)NC(=O)C2CCCCC2)cc1. The number of nitrogens with zero attached hydrogens (tertiary/aromatic N) is 3. The van der Waals surface area contributed by atoms with Gasteiger partial charge in [0.15, 0.2) is 11.0 Å². The van der Waals surface area contributed by atoms with Crippen LogP contribution < -0.4 is 5.32 Å². The zero-order valence-electron chi connectivity index (χ0n) is 19.2. The summed E-state index contributed by atoms with van der Waals surface area (Å²) in [6.07, 6.45) is 5.50. The smallest absolute Gasteiger partial charge is 0.223 e. The van der Waals surface area contributed by atoms with Gasteiger partial charge in [-0.25, -0.2) is 0 Å². The summed E-state index contributed by atoms with van der Waals surface area (Å²) in [6.45, 7) is 6.22. The van der Waals surface area contributed by atoms with Crippen LogP contribution in [-0.4, -0.2) is 20.7 Å². The first-order valence-corrected chi connectivity index (χ1v) is 12.5. The van der Waals surface area contributed by atoms with Gasteiger partial charge in [0.25, 0.3) is 0 Å². The van der Waals surface area contributed by atoms with Crippen LogP contribution in [0.2, 0.25) is 0 Å². The third-order valence-corrected chi connectivity index (χ3v) is 7.27. The van der Waals surface area contributed by atoms with Crippen LogP contribution in [0.15, 0.2) is 53.7 Å². The fraction of sp³-hybridized carbons (Fsp3) is 0.423. The number of hydrogen-bond donors (Lipinski definition) is 1. The lowest BCUT2D eigenvalue weighted by Crippen LogP contribution is -2.34. The molecule has 3 aromatic rings. The lowest BCUT2D eigenvalue weighted by molar-refractivity contribution is -0.126. The number of thioether (sulfide) groups is 1. The number of carbonyl (C=O) groups excluding carboxylic acids is 1. The zero-order valence-corrected chi connectivity index (χ0v) is 20.0. The number of nitrogens with one attached hydrogen (secondary N) is 1. The maximum absolute atomic E-state index is 12.9. The summed E-state index contributed by atoms with van der Waals surface area (Å²) < 4.78 is 2.09. The summed E-state index contributed by atoms with van der Waals surface area (Å²) in [5.74, 6) is 1.85. The van der Waals surface area contributed by atoms with Gasteiger partial charge < -0.3 is 5.32 Å². The Hall–Kier alpha value is -2.60. The molecule has 0 radical (unpaired) electrons. The first-order chi connectivity index (χ1) is 15.5. The van der Waals surface area contributed by atoms with Crippen molar-refractivity contribution in [1.82, 2.24) is 20.1 Å². The van der Waals surface area contributed by atoms with E-state index in [1.807, 2.05) is 6.92 Å². The van der Waals surface area contributed by atoms with E-state index in [2.05, 4.69) is 82.5 Å². The molecule has 1 atom stereocenters. The van der Waals surface area contributed by atoms with Crippen LogP contribution in [0, 0.1) is 19.8 Å². The Balaban J connectivity index is 1.59. The number of benzene rings is 2. The summed E-state index contributed by atoms with van der Waals surface area (Å²) in [5.41, 5.74) is 4.78. The molecule has 2 aromatic carbocycles. The fourth-order valence-corrected chi connectivity index (χ4v) is 5.30. The number of aryl methyl sites for hydroxylation is 2. The van der Waals surface area contributed by atoms with E-state index in [1.54, 1.807) is 11.8 Å². The summed E-state index contributed by atoms with van der Waals surface area (Å²) in [5, 5.41) is 13.1. The standard InChI is InChI=1S/C26H32N4OS/c1-18-13-15-23(16-14-18)30-24(20(3)27-25(31)21-10-5-4-6-11-21)28-29-26(30)32-17-22-12-8-7-9-19(22)2/h7-9,12-16,20-21H,4-6,10-11,17H2,1-3H3,(H,27,31). The van der Waals surface area contributed by atoms with E-state index in [4.69, 9.17) is 0 Å². The van der Waals surface area contributed by atoms with Gasteiger partial charge >= 0.3 is 0 Å². The number of rotatable bonds is 7. The molecular formula is C26H32N4OS. The van der Waals surface area contributed by atoms with E-state index < -0.39 is 0 Å². The van der Waals surface area contributed by atoms with Crippen molar-refractivity contribution in [3.8, 4) is 5.69 Å². The van der Waals surface area contributed by atoms with E-state index in [0.29, 0.717) is 0 Å². The molecule has 1 aliphatic carbocycles. The molecule has 4 rings (SSSR count). The molecule has 0 saturated heterocycles. The molecular weight excluding hydrogens is 416 g/mol. The highest BCUT2D eigenvalue weighted by Crippen LogP contribution is 2.29. The van der Waals surface area contributed by atoms with Crippen LogP contribution in [0.1, 0.15) is 67.6 Å². The molecule has 6 heteroatoms. The highest BCUT2D eigenvalue weighted by molar-refractivity contribution is 7.98. The van der Waals surface area contributed by atoms with Gasteiger partial charge in [-0.1, -0.05) is 73.0 Å². The highest BCUT2D eigenvalue weighted by atomic mass is 32.2. The van der Waals surface area contributed by atoms with Gasteiger partial charge in [0.1, 0.15) is 0 Å². The van der Waals surface area contributed by atoms with Crippen molar-refractivity contribution >= 4 is 17.7 Å². The molecule has 1 saturated carbocycles. The van der Waals surface area contributed by atoms with Gasteiger partial charge in [0.05, 0.1) is 6.04 Å². The predicted molar refractivity (Wildman–Crippen MR) is 130 cm³/mol. The monoisotopic (exact) mass is 448 g/mol. The molecule has 1 fully saturated rings. The molecule has 1 N–H and O–H groups in total. The summed E-state index contributed by atoms with van der Waals surface area (Å²) >= 11 is 1.68. The number of carbonyl (C=O) groups is 1. The Morgan fingerprint density at radius 3 is 2.50 bits per heavy atom. The normalized spacial score (nSPS) is 15.5. The fourth-order valence-electron chi connectivity index (χ4n) is 4.27. The molecule has 5 nitrogen and oxygen atoms in total. The van der Waals surface area contributed by atoms with E-state index in [9.17, 15) is 4.79 Å².